The van der Waals surface area contributed by atoms with Crippen LogP contribution in [0.15, 0.2) is 60.7 Å². The minimum Gasteiger partial charge on any atom is -0.480 e. The Morgan fingerprint density at radius 2 is 1.40 bits per heavy atom. The number of benzene rings is 2. The number of carbonyl (C=O) groups excluding carboxylic acids is 3. The Balaban J connectivity index is 2.14. The van der Waals surface area contributed by atoms with Gasteiger partial charge in [-0.1, -0.05) is 84.2 Å². The van der Waals surface area contributed by atoms with Gasteiger partial charge in [0.1, 0.15) is 5.25 Å². The van der Waals surface area contributed by atoms with Gasteiger partial charge < -0.3 is 15.5 Å². The highest BCUT2D eigenvalue weighted by atomic mass is 32.2. The summed E-state index contributed by atoms with van der Waals surface area (Å²) in [7, 11) is 0. The summed E-state index contributed by atoms with van der Waals surface area (Å²) in [5, 5.41) is 19.4. The molecule has 1 amide bonds. The van der Waals surface area contributed by atoms with Gasteiger partial charge in [0.25, 0.3) is 0 Å². The maximum absolute atomic E-state index is 12.7. The summed E-state index contributed by atoms with van der Waals surface area (Å²) in [6, 6.07) is 15.3. The average Bonchev–Trinajstić information content (AvgIpc) is 2.75. The van der Waals surface area contributed by atoms with E-state index in [4.69, 9.17) is 0 Å². The minimum absolute atomic E-state index is 0.0467. The Morgan fingerprint density at radius 3 is 1.87 bits per heavy atom. The Kier molecular flexibility index (Phi) is 9.10. The molecular formula is C21H21NO6S2. The third-order valence-electron chi connectivity index (χ3n) is 3.97. The van der Waals surface area contributed by atoms with Crippen molar-refractivity contribution >= 4 is 45.6 Å². The highest BCUT2D eigenvalue weighted by Crippen LogP contribution is 2.24. The van der Waals surface area contributed by atoms with Crippen LogP contribution in [0.2, 0.25) is 0 Å². The molecule has 0 bridgehead atoms. The largest absolute Gasteiger partial charge is 0.480 e. The van der Waals surface area contributed by atoms with Crippen LogP contribution in [0.5, 0.6) is 0 Å². The Morgan fingerprint density at radius 1 is 0.900 bits per heavy atom. The van der Waals surface area contributed by atoms with Gasteiger partial charge in [-0.3, -0.25) is 14.4 Å². The number of carbonyl (C=O) groups is 4. The molecule has 0 aliphatic rings. The van der Waals surface area contributed by atoms with Crippen LogP contribution in [0.25, 0.3) is 0 Å². The fourth-order valence-electron chi connectivity index (χ4n) is 2.38. The predicted molar refractivity (Wildman–Crippen MR) is 117 cm³/mol. The van der Waals surface area contributed by atoms with Gasteiger partial charge in [-0.15, -0.1) is 0 Å². The summed E-state index contributed by atoms with van der Waals surface area (Å²) >= 11 is 1.57. The molecule has 0 spiro atoms. The third-order valence-corrected chi connectivity index (χ3v) is 6.30. The minimum atomic E-state index is -1.53. The first-order chi connectivity index (χ1) is 14.3. The van der Waals surface area contributed by atoms with Crippen molar-refractivity contribution in [2.75, 3.05) is 5.75 Å². The average molecular weight is 448 g/mol. The molecule has 3 atom stereocenters. The molecule has 0 radical (unpaired) electrons. The summed E-state index contributed by atoms with van der Waals surface area (Å²) < 4.78 is 0. The molecule has 2 aromatic rings. The highest BCUT2D eigenvalue weighted by molar-refractivity contribution is 8.18. The number of thioether (sulfide) groups is 2. The summed E-state index contributed by atoms with van der Waals surface area (Å²) in [6.45, 7) is 1.24. The Labute approximate surface area is 182 Å². The molecule has 0 heterocycles. The van der Waals surface area contributed by atoms with Crippen LogP contribution < -0.4 is 5.32 Å². The molecule has 158 valence electrons. The maximum atomic E-state index is 12.7. The normalized spacial score (nSPS) is 13.7. The van der Waals surface area contributed by atoms with Crippen molar-refractivity contribution < 1.29 is 29.4 Å². The van der Waals surface area contributed by atoms with Gasteiger partial charge in [0, 0.05) is 16.9 Å². The maximum Gasteiger partial charge on any atom is 0.328 e. The van der Waals surface area contributed by atoms with Gasteiger partial charge in [0.2, 0.25) is 16.1 Å². The van der Waals surface area contributed by atoms with Gasteiger partial charge >= 0.3 is 5.97 Å². The molecule has 3 unspecified atom stereocenters. The number of carboxylic acid groups (broad SMARTS) is 1. The fraction of sp³-hybridized carbons (Fsp3) is 0.238. The standard InChI is InChI=1S/C21H21NO6S2/c1-13(23)17(19(25)26)22-18(24)16(30-21(28)15-10-6-3-7-11-15)12-29-20(27)14-8-4-2-5-9-14/h2-11,13,16-17,23H,12H2,1H3,(H,22,24)(H,25,26). The van der Waals surface area contributed by atoms with E-state index in [9.17, 15) is 29.4 Å². The van der Waals surface area contributed by atoms with Crippen molar-refractivity contribution in [2.45, 2.75) is 24.3 Å². The van der Waals surface area contributed by atoms with Crippen LogP contribution >= 0.6 is 23.5 Å². The number of amides is 1. The van der Waals surface area contributed by atoms with Crippen molar-refractivity contribution in [3.05, 3.63) is 71.8 Å². The van der Waals surface area contributed by atoms with Crippen molar-refractivity contribution in [1.82, 2.24) is 5.32 Å². The number of aliphatic hydroxyl groups is 1. The van der Waals surface area contributed by atoms with Crippen molar-refractivity contribution in [3.63, 3.8) is 0 Å². The second-order valence-electron chi connectivity index (χ2n) is 6.29. The van der Waals surface area contributed by atoms with E-state index in [0.717, 1.165) is 11.8 Å². The molecule has 7 nitrogen and oxygen atoms in total. The SMILES string of the molecule is CC(O)C(NC(=O)C(CSC(=O)c1ccccc1)SC(=O)c1ccccc1)C(=O)O. The van der Waals surface area contributed by atoms with Gasteiger partial charge in [-0.05, 0) is 6.92 Å². The molecule has 0 saturated carbocycles. The summed E-state index contributed by atoms with van der Waals surface area (Å²) in [5.41, 5.74) is 0.832. The Bertz CT molecular complexity index is 889. The van der Waals surface area contributed by atoms with E-state index in [-0.39, 0.29) is 16.0 Å². The lowest BCUT2D eigenvalue weighted by Crippen LogP contribution is -2.50. The third kappa shape index (κ3) is 7.01. The van der Waals surface area contributed by atoms with E-state index in [0.29, 0.717) is 22.9 Å². The molecule has 0 aliphatic carbocycles. The van der Waals surface area contributed by atoms with Crippen molar-refractivity contribution in [1.29, 1.82) is 0 Å². The van der Waals surface area contributed by atoms with E-state index in [1.807, 2.05) is 0 Å². The van der Waals surface area contributed by atoms with E-state index >= 15 is 0 Å². The molecule has 0 saturated heterocycles. The molecule has 0 aromatic heterocycles. The zero-order valence-corrected chi connectivity index (χ0v) is 17.7. The van der Waals surface area contributed by atoms with Crippen LogP contribution in [-0.2, 0) is 9.59 Å². The smallest absolute Gasteiger partial charge is 0.328 e. The van der Waals surface area contributed by atoms with Crippen LogP contribution in [0.3, 0.4) is 0 Å². The molecule has 2 rings (SSSR count). The van der Waals surface area contributed by atoms with Crippen molar-refractivity contribution in [2.24, 2.45) is 0 Å². The molecular weight excluding hydrogens is 426 g/mol. The number of rotatable bonds is 9. The second-order valence-corrected chi connectivity index (χ2v) is 8.46. The highest BCUT2D eigenvalue weighted by Gasteiger charge is 2.31. The van der Waals surface area contributed by atoms with E-state index in [1.165, 1.54) is 6.92 Å². The van der Waals surface area contributed by atoms with Crippen LogP contribution in [-0.4, -0.2) is 55.5 Å². The lowest BCUT2D eigenvalue weighted by Gasteiger charge is -2.21. The topological polar surface area (TPSA) is 121 Å². The van der Waals surface area contributed by atoms with Gasteiger partial charge in [-0.2, -0.15) is 0 Å². The first kappa shape index (κ1) is 23.7. The van der Waals surface area contributed by atoms with E-state index in [2.05, 4.69) is 5.32 Å². The van der Waals surface area contributed by atoms with Crippen LogP contribution in [0.1, 0.15) is 27.6 Å². The van der Waals surface area contributed by atoms with Gasteiger partial charge in [-0.25, -0.2) is 4.79 Å². The van der Waals surface area contributed by atoms with Crippen LogP contribution in [0.4, 0.5) is 0 Å². The quantitative estimate of drug-likeness (QED) is 0.536. The lowest BCUT2D eigenvalue weighted by molar-refractivity contribution is -0.144. The second kappa shape index (κ2) is 11.5. The van der Waals surface area contributed by atoms with E-state index < -0.39 is 29.3 Å². The van der Waals surface area contributed by atoms with Gasteiger partial charge in [0.15, 0.2) is 6.04 Å². The first-order valence-corrected chi connectivity index (χ1v) is 10.9. The summed E-state index contributed by atoms with van der Waals surface area (Å²) in [6.07, 6.45) is -1.33. The molecule has 30 heavy (non-hydrogen) atoms. The van der Waals surface area contributed by atoms with Gasteiger partial charge in [0.05, 0.1) is 6.10 Å². The molecule has 0 aliphatic heterocycles. The fourth-order valence-corrected chi connectivity index (χ4v) is 4.32. The van der Waals surface area contributed by atoms with Crippen LogP contribution in [0, 0.1) is 0 Å². The molecule has 3 N–H and O–H groups in total. The molecule has 2 aromatic carbocycles. The summed E-state index contributed by atoms with van der Waals surface area (Å²) in [5.74, 6) is -2.19. The number of nitrogens with one attached hydrogen (secondary N) is 1. The number of hydrogen-bond acceptors (Lipinski definition) is 7. The molecule has 0 fully saturated rings. The zero-order chi connectivity index (χ0) is 22.1. The van der Waals surface area contributed by atoms with E-state index in [1.54, 1.807) is 60.7 Å². The molecule has 9 heteroatoms. The first-order valence-electron chi connectivity index (χ1n) is 8.99. The lowest BCUT2D eigenvalue weighted by atomic mass is 10.2. The number of aliphatic carboxylic acids is 1. The zero-order valence-electron chi connectivity index (χ0n) is 16.1. The Hall–Kier alpha value is -2.62. The summed E-state index contributed by atoms with van der Waals surface area (Å²) in [4.78, 5) is 48.9. The monoisotopic (exact) mass is 447 g/mol. The number of carboxylic acids is 1. The number of aliphatic hydroxyl groups excluding tert-OH is 1. The number of hydrogen-bond donors (Lipinski definition) is 3. The predicted octanol–water partition coefficient (Wildman–Crippen LogP) is 2.45. The van der Waals surface area contributed by atoms with Crippen molar-refractivity contribution in [3.8, 4) is 0 Å².